The number of aromatic amines is 1. The third-order valence-electron chi connectivity index (χ3n) is 4.51. The minimum absolute atomic E-state index is 0.298. The Hall–Kier alpha value is -2.37. The van der Waals surface area contributed by atoms with Crippen LogP contribution in [-0.4, -0.2) is 57.4 Å². The molecular weight excluding hydrogens is 324 g/mol. The number of pyridine rings is 1. The zero-order chi connectivity index (χ0) is 18.1. The first kappa shape index (κ1) is 17.5. The van der Waals surface area contributed by atoms with Gasteiger partial charge in [0.25, 0.3) is 0 Å². The average molecular weight is 344 g/mol. The Morgan fingerprint density at radius 1 is 1.32 bits per heavy atom. The molecule has 1 fully saturated rings. The first-order chi connectivity index (χ1) is 11.9. The number of aliphatic hydroxyl groups is 3. The highest BCUT2D eigenvalue weighted by atomic mass is 16.5. The van der Waals surface area contributed by atoms with Crippen LogP contribution in [0.2, 0.25) is 0 Å². The van der Waals surface area contributed by atoms with E-state index >= 15 is 0 Å². The zero-order valence-electron chi connectivity index (χ0n) is 13.6. The number of nitrogens with one attached hydrogen (secondary N) is 2. The predicted octanol–water partition coefficient (Wildman–Crippen LogP) is -0.209. The van der Waals surface area contributed by atoms with Crippen molar-refractivity contribution in [3.63, 3.8) is 0 Å². The molecule has 1 aromatic heterocycles. The van der Waals surface area contributed by atoms with Gasteiger partial charge in [-0.2, -0.15) is 0 Å². The summed E-state index contributed by atoms with van der Waals surface area (Å²) in [7, 11) is 0. The second kappa shape index (κ2) is 6.86. The molecule has 1 aromatic carbocycles. The Morgan fingerprint density at radius 2 is 2.08 bits per heavy atom. The largest absolute Gasteiger partial charge is 0.394 e. The van der Waals surface area contributed by atoms with Crippen molar-refractivity contribution in [3.05, 3.63) is 40.2 Å². The van der Waals surface area contributed by atoms with Gasteiger partial charge in [0.2, 0.25) is 5.56 Å². The molecular formula is C18H20N2O5. The number of anilines is 1. The van der Waals surface area contributed by atoms with Crippen molar-refractivity contribution in [2.24, 2.45) is 0 Å². The number of H-pyrrole nitrogens is 1. The van der Waals surface area contributed by atoms with Crippen molar-refractivity contribution in [1.82, 2.24) is 4.98 Å². The van der Waals surface area contributed by atoms with Crippen molar-refractivity contribution in [3.8, 4) is 12.3 Å². The topological polar surface area (TPSA) is 115 Å². The van der Waals surface area contributed by atoms with Gasteiger partial charge in [0.15, 0.2) is 0 Å². The van der Waals surface area contributed by atoms with E-state index in [-0.39, 0.29) is 12.2 Å². The maximum atomic E-state index is 11.7. The van der Waals surface area contributed by atoms with E-state index in [2.05, 4.69) is 16.2 Å². The summed E-state index contributed by atoms with van der Waals surface area (Å²) in [6, 6.07) is 6.03. The first-order valence-electron chi connectivity index (χ1n) is 7.97. The van der Waals surface area contributed by atoms with Gasteiger partial charge < -0.3 is 30.4 Å². The Kier molecular flexibility index (Phi) is 4.79. The molecule has 5 atom stereocenters. The summed E-state index contributed by atoms with van der Waals surface area (Å²) in [6.07, 6.45) is 1.85. The number of terminal acetylenes is 1. The molecule has 5 unspecified atom stereocenters. The minimum atomic E-state index is -1.20. The molecule has 0 radical (unpaired) electrons. The van der Waals surface area contributed by atoms with E-state index in [1.807, 2.05) is 0 Å². The van der Waals surface area contributed by atoms with Crippen molar-refractivity contribution < 1.29 is 20.1 Å². The van der Waals surface area contributed by atoms with Gasteiger partial charge >= 0.3 is 0 Å². The Balaban J connectivity index is 1.90. The lowest BCUT2D eigenvalue weighted by Crippen LogP contribution is -2.60. The lowest BCUT2D eigenvalue weighted by Gasteiger charge is -2.41. The number of hydrogen-bond donors (Lipinski definition) is 5. The van der Waals surface area contributed by atoms with E-state index in [9.17, 15) is 20.1 Å². The number of rotatable bonds is 3. The number of ether oxygens (including phenoxy) is 1. The number of fused-ring (bicyclic) bond motifs is 1. The van der Waals surface area contributed by atoms with Crippen LogP contribution in [0.4, 0.5) is 5.69 Å². The second-order valence-electron chi connectivity index (χ2n) is 6.17. The highest BCUT2D eigenvalue weighted by Crippen LogP contribution is 2.26. The Bertz CT molecular complexity index is 872. The molecule has 3 rings (SSSR count). The lowest BCUT2D eigenvalue weighted by molar-refractivity contribution is -0.180. The van der Waals surface area contributed by atoms with E-state index in [0.717, 1.165) is 5.39 Å². The van der Waals surface area contributed by atoms with Gasteiger partial charge in [-0.05, 0) is 25.1 Å². The van der Waals surface area contributed by atoms with Gasteiger partial charge in [-0.1, -0.05) is 5.92 Å². The molecule has 0 bridgehead atoms. The van der Waals surface area contributed by atoms with E-state index < -0.39 is 30.5 Å². The van der Waals surface area contributed by atoms with Crippen molar-refractivity contribution in [2.45, 2.75) is 37.4 Å². The summed E-state index contributed by atoms with van der Waals surface area (Å²) in [5.74, 6) is 2.49. The van der Waals surface area contributed by atoms with E-state index in [0.29, 0.717) is 16.8 Å². The fraction of sp³-hybridized carbons (Fsp3) is 0.389. The molecule has 7 nitrogen and oxygen atoms in total. The molecule has 0 spiro atoms. The molecule has 2 aromatic rings. The number of hydrogen-bond acceptors (Lipinski definition) is 6. The zero-order valence-corrected chi connectivity index (χ0v) is 13.6. The monoisotopic (exact) mass is 344 g/mol. The fourth-order valence-electron chi connectivity index (χ4n) is 3.17. The highest BCUT2D eigenvalue weighted by molar-refractivity contribution is 5.87. The predicted molar refractivity (Wildman–Crippen MR) is 93.3 cm³/mol. The molecule has 1 aliphatic rings. The molecule has 0 amide bonds. The van der Waals surface area contributed by atoms with Crippen LogP contribution < -0.4 is 10.9 Å². The molecule has 5 N–H and O–H groups in total. The molecule has 25 heavy (non-hydrogen) atoms. The summed E-state index contributed by atoms with van der Waals surface area (Å²) in [6.45, 7) is 1.37. The van der Waals surface area contributed by atoms with Crippen LogP contribution in [0, 0.1) is 12.3 Å². The lowest BCUT2D eigenvalue weighted by atomic mass is 9.93. The van der Waals surface area contributed by atoms with E-state index in [1.165, 1.54) is 6.07 Å². The maximum Gasteiger partial charge on any atom is 0.249 e. The molecule has 0 saturated carbocycles. The van der Waals surface area contributed by atoms with Gasteiger partial charge in [-0.3, -0.25) is 4.79 Å². The van der Waals surface area contributed by atoms with Crippen LogP contribution >= 0.6 is 0 Å². The molecule has 0 aliphatic carbocycles. The first-order valence-corrected chi connectivity index (χ1v) is 7.97. The Morgan fingerprint density at radius 3 is 2.76 bits per heavy atom. The summed E-state index contributed by atoms with van der Waals surface area (Å²) >= 11 is 0. The quantitative estimate of drug-likeness (QED) is 0.492. The smallest absolute Gasteiger partial charge is 0.249 e. The van der Waals surface area contributed by atoms with E-state index in [1.54, 1.807) is 25.1 Å². The molecule has 7 heteroatoms. The van der Waals surface area contributed by atoms with Crippen molar-refractivity contribution in [2.75, 3.05) is 11.9 Å². The SMILES string of the molecule is C#Cc1cc(=O)[nH]c2cc(NC3C(C)OC(CO)C(O)C3O)ccc12. The summed E-state index contributed by atoms with van der Waals surface area (Å²) in [5.41, 5.74) is 1.40. The molecule has 1 aliphatic heterocycles. The number of aliphatic hydroxyl groups excluding tert-OH is 3. The highest BCUT2D eigenvalue weighted by Gasteiger charge is 2.42. The van der Waals surface area contributed by atoms with Crippen molar-refractivity contribution >= 4 is 16.6 Å². The third kappa shape index (κ3) is 3.25. The van der Waals surface area contributed by atoms with Crippen LogP contribution in [0.15, 0.2) is 29.1 Å². The minimum Gasteiger partial charge on any atom is -0.394 e. The average Bonchev–Trinajstić information content (AvgIpc) is 2.60. The summed E-state index contributed by atoms with van der Waals surface area (Å²) < 4.78 is 5.54. The van der Waals surface area contributed by atoms with E-state index in [4.69, 9.17) is 11.2 Å². The second-order valence-corrected chi connectivity index (χ2v) is 6.17. The van der Waals surface area contributed by atoms with Gasteiger partial charge in [-0.15, -0.1) is 6.42 Å². The standard InChI is InChI=1S/C18H20N2O5/c1-3-10-6-15(22)20-13-7-11(4-5-12(10)13)19-16-9(2)25-14(8-21)17(23)18(16)24/h1,4-7,9,14,16-19,21,23-24H,8H2,2H3,(H,20,22). The Labute approximate surface area is 144 Å². The van der Waals surface area contributed by atoms with Crippen LogP contribution in [0.3, 0.4) is 0 Å². The summed E-state index contributed by atoms with van der Waals surface area (Å²) in [5, 5.41) is 33.4. The summed E-state index contributed by atoms with van der Waals surface area (Å²) in [4.78, 5) is 14.4. The van der Waals surface area contributed by atoms with Crippen molar-refractivity contribution in [1.29, 1.82) is 0 Å². The molecule has 2 heterocycles. The van der Waals surface area contributed by atoms with Crippen LogP contribution in [0.25, 0.3) is 10.9 Å². The fourth-order valence-corrected chi connectivity index (χ4v) is 3.17. The molecule has 1 saturated heterocycles. The van der Waals surface area contributed by atoms with Gasteiger partial charge in [0.05, 0.1) is 24.3 Å². The van der Waals surface area contributed by atoms with Crippen LogP contribution in [0.1, 0.15) is 12.5 Å². The third-order valence-corrected chi connectivity index (χ3v) is 4.51. The van der Waals surface area contributed by atoms with Crippen LogP contribution in [-0.2, 0) is 4.74 Å². The number of aromatic nitrogens is 1. The maximum absolute atomic E-state index is 11.7. The van der Waals surface area contributed by atoms with Gasteiger partial charge in [0.1, 0.15) is 18.3 Å². The normalized spacial score (nSPS) is 29.3. The number of benzene rings is 1. The van der Waals surface area contributed by atoms with Crippen LogP contribution in [0.5, 0.6) is 0 Å². The van der Waals surface area contributed by atoms with Gasteiger partial charge in [-0.25, -0.2) is 0 Å². The molecule has 132 valence electrons. The van der Waals surface area contributed by atoms with Gasteiger partial charge in [0, 0.05) is 22.7 Å².